The molecule has 3 nitrogen and oxygen atoms in total. The van der Waals surface area contributed by atoms with E-state index in [0.29, 0.717) is 12.0 Å². The van der Waals surface area contributed by atoms with Gasteiger partial charge in [0.1, 0.15) is 0 Å². The Morgan fingerprint density at radius 2 is 2.06 bits per heavy atom. The molecular weight excluding hydrogens is 228 g/mol. The van der Waals surface area contributed by atoms with Crippen LogP contribution in [0.5, 0.6) is 0 Å². The number of Topliss-reactive ketones (excluding diaryl/α,β-unsaturated/α-hetero) is 1. The van der Waals surface area contributed by atoms with Crippen LogP contribution in [0.1, 0.15) is 53.4 Å². The fraction of sp³-hybridized carbons (Fsp3) is 0.800. The average molecular weight is 252 g/mol. The lowest BCUT2D eigenvalue weighted by atomic mass is 9.54. The number of rotatable bonds is 1. The second kappa shape index (κ2) is 3.91. The summed E-state index contributed by atoms with van der Waals surface area (Å²) in [5.74, 6) is 0.102. The van der Waals surface area contributed by atoms with Crippen LogP contribution >= 0.6 is 0 Å². The number of aliphatic hydroxyl groups is 2. The van der Waals surface area contributed by atoms with Crippen LogP contribution in [0.25, 0.3) is 0 Å². The maximum Gasteiger partial charge on any atom is 0.162 e. The molecule has 0 unspecified atom stereocenters. The Hall–Kier alpha value is -0.670. The first-order valence-corrected chi connectivity index (χ1v) is 6.81. The third-order valence-electron chi connectivity index (χ3n) is 4.96. The molecule has 18 heavy (non-hydrogen) atoms. The molecule has 2 rings (SSSR count). The predicted molar refractivity (Wildman–Crippen MR) is 70.1 cm³/mol. The Balaban J connectivity index is 2.53. The summed E-state index contributed by atoms with van der Waals surface area (Å²) < 4.78 is 0. The number of carbonyl (C=O) groups excluding carboxylic acids is 1. The first kappa shape index (κ1) is 13.8. The van der Waals surface area contributed by atoms with Gasteiger partial charge in [-0.1, -0.05) is 20.3 Å². The maximum atomic E-state index is 12.2. The highest BCUT2D eigenvalue weighted by atomic mass is 16.3. The Bertz CT molecular complexity index is 404. The molecule has 102 valence electrons. The normalized spacial score (nSPS) is 41.3. The third-order valence-corrected chi connectivity index (χ3v) is 4.96. The zero-order valence-electron chi connectivity index (χ0n) is 11.8. The number of fused-ring (bicyclic) bond motifs is 1. The molecule has 0 aromatic carbocycles. The van der Waals surface area contributed by atoms with E-state index in [1.807, 2.05) is 13.8 Å². The predicted octanol–water partition coefficient (Wildman–Crippen LogP) is 2.21. The highest BCUT2D eigenvalue weighted by Gasteiger charge is 2.55. The summed E-state index contributed by atoms with van der Waals surface area (Å²) in [5, 5.41) is 21.1. The molecule has 1 saturated carbocycles. The van der Waals surface area contributed by atoms with Crippen LogP contribution in [-0.2, 0) is 4.79 Å². The van der Waals surface area contributed by atoms with E-state index in [2.05, 4.69) is 0 Å². The van der Waals surface area contributed by atoms with Crippen LogP contribution in [0.2, 0.25) is 0 Å². The largest absolute Gasteiger partial charge is 0.386 e. The molecule has 1 fully saturated rings. The van der Waals surface area contributed by atoms with E-state index in [1.165, 1.54) is 0 Å². The van der Waals surface area contributed by atoms with E-state index in [-0.39, 0.29) is 17.1 Å². The summed E-state index contributed by atoms with van der Waals surface area (Å²) in [6.07, 6.45) is 4.89. The van der Waals surface area contributed by atoms with Gasteiger partial charge in [-0.2, -0.15) is 0 Å². The van der Waals surface area contributed by atoms with E-state index in [1.54, 1.807) is 19.9 Å². The Labute approximate surface area is 109 Å². The fourth-order valence-electron chi connectivity index (χ4n) is 3.63. The Morgan fingerprint density at radius 1 is 1.44 bits per heavy atom. The molecule has 0 saturated heterocycles. The number of hydrogen-bond donors (Lipinski definition) is 2. The molecule has 2 N–H and O–H groups in total. The molecule has 0 heterocycles. The van der Waals surface area contributed by atoms with Gasteiger partial charge in [0.25, 0.3) is 0 Å². The van der Waals surface area contributed by atoms with Crippen molar-refractivity contribution in [2.24, 2.45) is 11.3 Å². The minimum Gasteiger partial charge on any atom is -0.386 e. The van der Waals surface area contributed by atoms with Crippen molar-refractivity contribution in [2.75, 3.05) is 0 Å². The lowest BCUT2D eigenvalue weighted by Crippen LogP contribution is -2.57. The number of carbonyl (C=O) groups is 1. The zero-order valence-corrected chi connectivity index (χ0v) is 11.8. The van der Waals surface area contributed by atoms with Crippen LogP contribution in [0.3, 0.4) is 0 Å². The van der Waals surface area contributed by atoms with Gasteiger partial charge in [-0.05, 0) is 38.7 Å². The standard InChI is InChI=1S/C15H24O3/c1-10-6-5-7-14(4)9-12(16)11(13(2,3)17)8-15(10,14)18/h8,10,17-18H,5-7,9H2,1-4H3/t10-,14-,15-/m1/s1. The smallest absolute Gasteiger partial charge is 0.162 e. The molecular formula is C15H24O3. The topological polar surface area (TPSA) is 57.5 Å². The van der Waals surface area contributed by atoms with Gasteiger partial charge >= 0.3 is 0 Å². The summed E-state index contributed by atoms with van der Waals surface area (Å²) >= 11 is 0. The molecule has 3 atom stereocenters. The van der Waals surface area contributed by atoms with Crippen molar-refractivity contribution in [3.8, 4) is 0 Å². The number of ketones is 1. The Kier molecular flexibility index (Phi) is 2.99. The fourth-order valence-corrected chi connectivity index (χ4v) is 3.63. The van der Waals surface area contributed by atoms with Gasteiger partial charge in [0.15, 0.2) is 5.78 Å². The second-order valence-corrected chi connectivity index (χ2v) is 6.90. The molecule has 0 bridgehead atoms. The first-order chi connectivity index (χ1) is 8.10. The van der Waals surface area contributed by atoms with E-state index < -0.39 is 11.2 Å². The van der Waals surface area contributed by atoms with E-state index in [4.69, 9.17) is 0 Å². The van der Waals surface area contributed by atoms with Crippen LogP contribution in [-0.4, -0.2) is 27.2 Å². The molecule has 0 aromatic heterocycles. The monoisotopic (exact) mass is 252 g/mol. The summed E-state index contributed by atoms with van der Waals surface area (Å²) in [6, 6.07) is 0. The van der Waals surface area contributed by atoms with Gasteiger partial charge in [0.05, 0.1) is 11.2 Å². The van der Waals surface area contributed by atoms with Gasteiger partial charge in [0.2, 0.25) is 0 Å². The van der Waals surface area contributed by atoms with E-state index in [0.717, 1.165) is 19.3 Å². The van der Waals surface area contributed by atoms with Crippen molar-refractivity contribution in [3.63, 3.8) is 0 Å². The maximum absolute atomic E-state index is 12.2. The lowest BCUT2D eigenvalue weighted by Gasteiger charge is -2.53. The summed E-state index contributed by atoms with van der Waals surface area (Å²) in [4.78, 5) is 12.2. The number of hydrogen-bond acceptors (Lipinski definition) is 3. The second-order valence-electron chi connectivity index (χ2n) is 6.90. The quantitative estimate of drug-likeness (QED) is 0.752. The van der Waals surface area contributed by atoms with E-state index >= 15 is 0 Å². The Morgan fingerprint density at radius 3 is 2.61 bits per heavy atom. The van der Waals surface area contributed by atoms with Crippen LogP contribution in [0.15, 0.2) is 11.6 Å². The van der Waals surface area contributed by atoms with Gasteiger partial charge in [0, 0.05) is 17.4 Å². The van der Waals surface area contributed by atoms with Crippen LogP contribution in [0, 0.1) is 11.3 Å². The first-order valence-electron chi connectivity index (χ1n) is 6.81. The van der Waals surface area contributed by atoms with Crippen molar-refractivity contribution in [3.05, 3.63) is 11.6 Å². The third kappa shape index (κ3) is 1.84. The van der Waals surface area contributed by atoms with Gasteiger partial charge in [-0.25, -0.2) is 0 Å². The summed E-state index contributed by atoms with van der Waals surface area (Å²) in [6.45, 7) is 7.25. The average Bonchev–Trinajstić information content (AvgIpc) is 2.20. The van der Waals surface area contributed by atoms with Crippen molar-refractivity contribution < 1.29 is 15.0 Å². The molecule has 2 aliphatic rings. The summed E-state index contributed by atoms with van der Waals surface area (Å²) in [5.41, 5.74) is -2.15. The van der Waals surface area contributed by atoms with Crippen molar-refractivity contribution in [1.29, 1.82) is 0 Å². The van der Waals surface area contributed by atoms with Crippen molar-refractivity contribution in [1.82, 2.24) is 0 Å². The van der Waals surface area contributed by atoms with Gasteiger partial charge in [-0.3, -0.25) is 4.79 Å². The molecule has 0 spiro atoms. The van der Waals surface area contributed by atoms with Crippen molar-refractivity contribution in [2.45, 2.75) is 64.6 Å². The molecule has 0 radical (unpaired) electrons. The van der Waals surface area contributed by atoms with Gasteiger partial charge in [-0.15, -0.1) is 0 Å². The van der Waals surface area contributed by atoms with Crippen molar-refractivity contribution >= 4 is 5.78 Å². The highest BCUT2D eigenvalue weighted by molar-refractivity contribution is 5.99. The minimum atomic E-state index is -1.18. The molecule has 0 aliphatic heterocycles. The minimum absolute atomic E-state index is 0.0243. The molecule has 2 aliphatic carbocycles. The van der Waals surface area contributed by atoms with Crippen LogP contribution in [0.4, 0.5) is 0 Å². The molecule has 3 heteroatoms. The SMILES string of the molecule is C[C@@H]1CCC[C@]2(C)CC(=O)C(C(C)(C)O)=C[C@@]12O. The lowest BCUT2D eigenvalue weighted by molar-refractivity contribution is -0.141. The van der Waals surface area contributed by atoms with Gasteiger partial charge < -0.3 is 10.2 Å². The van der Waals surface area contributed by atoms with E-state index in [9.17, 15) is 15.0 Å². The van der Waals surface area contributed by atoms with Crippen LogP contribution < -0.4 is 0 Å². The summed E-state index contributed by atoms with van der Waals surface area (Å²) in [7, 11) is 0. The highest BCUT2D eigenvalue weighted by Crippen LogP contribution is 2.54. The molecule has 0 aromatic rings. The zero-order chi connectivity index (χ0) is 13.8. The molecule has 0 amide bonds.